The standard InChI is InChI=1S/C26H22Ge/c1-3-13-23(14-4-1)27(24-15-5-2-6-16-24)25-17-9-7-11-21(25)19-20-22-12-8-10-18-26(22)27/h1-18H,19-20H2. The van der Waals surface area contributed by atoms with Gasteiger partial charge < -0.3 is 0 Å². The molecule has 0 bridgehead atoms. The fourth-order valence-electron chi connectivity index (χ4n) is 4.79. The molecule has 130 valence electrons. The minimum atomic E-state index is -3.04. The van der Waals surface area contributed by atoms with Crippen molar-refractivity contribution in [2.75, 3.05) is 0 Å². The van der Waals surface area contributed by atoms with Crippen molar-refractivity contribution in [3.63, 3.8) is 0 Å². The van der Waals surface area contributed by atoms with E-state index in [1.54, 1.807) is 8.79 Å². The molecule has 1 aliphatic heterocycles. The van der Waals surface area contributed by atoms with Crippen LogP contribution >= 0.6 is 0 Å². The van der Waals surface area contributed by atoms with Crippen LogP contribution in [0.3, 0.4) is 0 Å². The van der Waals surface area contributed by atoms with Crippen LogP contribution in [0.15, 0.2) is 109 Å². The van der Waals surface area contributed by atoms with Gasteiger partial charge in [0.25, 0.3) is 0 Å². The van der Waals surface area contributed by atoms with E-state index in [2.05, 4.69) is 109 Å². The first kappa shape index (κ1) is 16.6. The van der Waals surface area contributed by atoms with Crippen molar-refractivity contribution in [2.45, 2.75) is 12.8 Å². The summed E-state index contributed by atoms with van der Waals surface area (Å²) in [7, 11) is 0. The van der Waals surface area contributed by atoms with Crippen LogP contribution in [-0.4, -0.2) is 13.3 Å². The van der Waals surface area contributed by atoms with E-state index in [0.717, 1.165) is 12.8 Å². The molecule has 0 aromatic heterocycles. The average molecular weight is 407 g/mol. The first-order chi connectivity index (χ1) is 13.4. The van der Waals surface area contributed by atoms with Crippen molar-refractivity contribution in [1.29, 1.82) is 0 Å². The average Bonchev–Trinajstić information content (AvgIpc) is 2.90. The molecule has 4 aromatic rings. The molecule has 0 spiro atoms. The summed E-state index contributed by atoms with van der Waals surface area (Å²) in [5, 5.41) is 0. The molecular weight excluding hydrogens is 385 g/mol. The Labute approximate surface area is 163 Å². The number of fused-ring (bicyclic) bond motifs is 2. The second-order valence-corrected chi connectivity index (χ2v) is 15.1. The number of benzene rings is 4. The summed E-state index contributed by atoms with van der Waals surface area (Å²) in [5.74, 6) is 0. The number of hydrogen-bond acceptors (Lipinski definition) is 0. The first-order valence-electron chi connectivity index (χ1n) is 9.68. The summed E-state index contributed by atoms with van der Waals surface area (Å²) in [4.78, 5) is 0. The van der Waals surface area contributed by atoms with Crippen molar-refractivity contribution in [1.82, 2.24) is 0 Å². The van der Waals surface area contributed by atoms with Gasteiger partial charge in [-0.2, -0.15) is 0 Å². The maximum atomic E-state index is 2.41. The number of hydrogen-bond donors (Lipinski definition) is 0. The molecule has 1 heteroatoms. The summed E-state index contributed by atoms with van der Waals surface area (Å²) >= 11 is -3.04. The van der Waals surface area contributed by atoms with E-state index in [1.807, 2.05) is 0 Å². The van der Waals surface area contributed by atoms with Crippen LogP contribution in [0, 0.1) is 0 Å². The summed E-state index contributed by atoms with van der Waals surface area (Å²) in [6, 6.07) is 41.0. The molecule has 1 aliphatic rings. The SMILES string of the molecule is c1cc[c]([Ge]2([c]3ccccc3)[c]3ccccc3CCc3cccc[c]32)cc1. The van der Waals surface area contributed by atoms with E-state index >= 15 is 0 Å². The molecule has 0 fully saturated rings. The van der Waals surface area contributed by atoms with Crippen molar-refractivity contribution in [3.05, 3.63) is 120 Å². The number of aryl methyl sites for hydroxylation is 2. The van der Waals surface area contributed by atoms with Gasteiger partial charge in [0.2, 0.25) is 0 Å². The zero-order valence-corrected chi connectivity index (χ0v) is 17.4. The van der Waals surface area contributed by atoms with Crippen LogP contribution in [0.4, 0.5) is 0 Å². The molecule has 0 saturated carbocycles. The van der Waals surface area contributed by atoms with Crippen molar-refractivity contribution < 1.29 is 0 Å². The summed E-state index contributed by atoms with van der Waals surface area (Å²) in [5.41, 5.74) is 3.06. The molecule has 0 nitrogen and oxygen atoms in total. The van der Waals surface area contributed by atoms with Gasteiger partial charge in [-0.3, -0.25) is 0 Å². The second-order valence-electron chi connectivity index (χ2n) is 7.30. The van der Waals surface area contributed by atoms with E-state index in [0.29, 0.717) is 0 Å². The Hall–Kier alpha value is -2.58. The fraction of sp³-hybridized carbons (Fsp3) is 0.0769. The van der Waals surface area contributed by atoms with Crippen LogP contribution < -0.4 is 17.6 Å². The quantitative estimate of drug-likeness (QED) is 0.448. The van der Waals surface area contributed by atoms with Gasteiger partial charge in [-0.15, -0.1) is 0 Å². The minimum absolute atomic E-state index is 1.12. The molecule has 5 rings (SSSR count). The molecule has 0 amide bonds. The van der Waals surface area contributed by atoms with E-state index in [4.69, 9.17) is 0 Å². The fourth-order valence-corrected chi connectivity index (χ4v) is 16.0. The molecule has 0 N–H and O–H groups in total. The number of rotatable bonds is 2. The third kappa shape index (κ3) is 2.59. The van der Waals surface area contributed by atoms with Crippen molar-refractivity contribution in [2.24, 2.45) is 0 Å². The van der Waals surface area contributed by atoms with Gasteiger partial charge in [-0.1, -0.05) is 0 Å². The van der Waals surface area contributed by atoms with Crippen LogP contribution in [0.1, 0.15) is 11.1 Å². The van der Waals surface area contributed by atoms with E-state index in [-0.39, 0.29) is 0 Å². The van der Waals surface area contributed by atoms with Crippen molar-refractivity contribution in [3.8, 4) is 0 Å². The molecule has 0 saturated heterocycles. The summed E-state index contributed by atoms with van der Waals surface area (Å²) in [6.07, 6.45) is 2.25. The normalized spacial score (nSPS) is 14.7. The molecule has 0 atom stereocenters. The van der Waals surface area contributed by atoms with Crippen LogP contribution in [0.5, 0.6) is 0 Å². The Kier molecular flexibility index (Phi) is 4.22. The van der Waals surface area contributed by atoms with Crippen LogP contribution in [0.2, 0.25) is 0 Å². The van der Waals surface area contributed by atoms with Gasteiger partial charge in [0.15, 0.2) is 0 Å². The molecular formula is C26H22Ge. The Balaban J connectivity index is 1.99. The molecule has 1 heterocycles. The second kappa shape index (κ2) is 6.86. The zero-order chi connectivity index (χ0) is 18.1. The Bertz CT molecular complexity index is 978. The van der Waals surface area contributed by atoms with Crippen molar-refractivity contribution >= 4 is 30.8 Å². The Morgan fingerprint density at radius 1 is 0.407 bits per heavy atom. The van der Waals surface area contributed by atoms with Gasteiger partial charge in [-0.25, -0.2) is 0 Å². The monoisotopic (exact) mass is 408 g/mol. The van der Waals surface area contributed by atoms with Crippen LogP contribution in [0.25, 0.3) is 0 Å². The summed E-state index contributed by atoms with van der Waals surface area (Å²) in [6.45, 7) is 0. The van der Waals surface area contributed by atoms with Gasteiger partial charge in [0, 0.05) is 0 Å². The molecule has 27 heavy (non-hydrogen) atoms. The Morgan fingerprint density at radius 2 is 0.778 bits per heavy atom. The van der Waals surface area contributed by atoms with Gasteiger partial charge in [-0.05, 0) is 0 Å². The Morgan fingerprint density at radius 3 is 1.22 bits per heavy atom. The van der Waals surface area contributed by atoms with Gasteiger partial charge >= 0.3 is 164 Å². The molecule has 0 radical (unpaired) electrons. The predicted molar refractivity (Wildman–Crippen MR) is 117 cm³/mol. The molecule has 4 aromatic carbocycles. The maximum absolute atomic E-state index is 3.04. The first-order valence-corrected chi connectivity index (χ1v) is 13.9. The van der Waals surface area contributed by atoms with E-state index in [1.165, 1.54) is 19.9 Å². The predicted octanol–water partition coefficient (Wildman–Crippen LogP) is 3.16. The van der Waals surface area contributed by atoms with Gasteiger partial charge in [0.1, 0.15) is 0 Å². The third-order valence-electron chi connectivity index (χ3n) is 5.92. The molecule has 0 aliphatic carbocycles. The van der Waals surface area contributed by atoms with Gasteiger partial charge in [0.05, 0.1) is 0 Å². The van der Waals surface area contributed by atoms with E-state index < -0.39 is 13.3 Å². The molecule has 0 unspecified atom stereocenters. The zero-order valence-electron chi connectivity index (χ0n) is 15.3. The third-order valence-corrected chi connectivity index (χ3v) is 16.4. The van der Waals surface area contributed by atoms with E-state index in [9.17, 15) is 0 Å². The topological polar surface area (TPSA) is 0 Å². The van der Waals surface area contributed by atoms with Crippen LogP contribution in [-0.2, 0) is 12.8 Å². The summed E-state index contributed by atoms with van der Waals surface area (Å²) < 4.78 is 6.23.